The van der Waals surface area contributed by atoms with Gasteiger partial charge in [0.15, 0.2) is 5.65 Å². The van der Waals surface area contributed by atoms with Crippen molar-refractivity contribution in [2.75, 3.05) is 6.54 Å². The zero-order valence-electron chi connectivity index (χ0n) is 7.63. The van der Waals surface area contributed by atoms with E-state index >= 15 is 0 Å². The molecule has 0 amide bonds. The highest BCUT2D eigenvalue weighted by molar-refractivity contribution is 9.10. The van der Waals surface area contributed by atoms with Crippen molar-refractivity contribution < 1.29 is 0 Å². The lowest BCUT2D eigenvalue weighted by Crippen LogP contribution is -2.24. The number of nitrogens with one attached hydrogen (secondary N) is 1. The molecule has 2 aromatic rings. The molecule has 2 aromatic heterocycles. The van der Waals surface area contributed by atoms with Gasteiger partial charge in [-0.2, -0.15) is 0 Å². The Bertz CT molecular complexity index is 489. The largest absolute Gasteiger partial charge is 0.311 e. The number of imidazole rings is 1. The third kappa shape index (κ3) is 1.11. The Kier molecular flexibility index (Phi) is 1.85. The van der Waals surface area contributed by atoms with Crippen molar-refractivity contribution >= 4 is 21.6 Å². The molecule has 1 aliphatic heterocycles. The van der Waals surface area contributed by atoms with Gasteiger partial charge >= 0.3 is 0 Å². The average Bonchev–Trinajstić information content (AvgIpc) is 2.59. The SMILES string of the molecule is Brc1cccn2c3c(nc12)CCNC3. The van der Waals surface area contributed by atoms with Crippen LogP contribution in [0.25, 0.3) is 5.65 Å². The van der Waals surface area contributed by atoms with Crippen molar-refractivity contribution in [1.82, 2.24) is 14.7 Å². The Morgan fingerprint density at radius 2 is 2.43 bits per heavy atom. The molecule has 0 radical (unpaired) electrons. The topological polar surface area (TPSA) is 29.3 Å². The molecular formula is C10H10BrN3. The number of pyridine rings is 1. The molecule has 0 unspecified atom stereocenters. The van der Waals surface area contributed by atoms with E-state index in [1.54, 1.807) is 0 Å². The Hall–Kier alpha value is -0.870. The summed E-state index contributed by atoms with van der Waals surface area (Å²) >= 11 is 3.52. The summed E-state index contributed by atoms with van der Waals surface area (Å²) in [6.07, 6.45) is 3.10. The van der Waals surface area contributed by atoms with Crippen molar-refractivity contribution in [3.05, 3.63) is 34.2 Å². The fraction of sp³-hybridized carbons (Fsp3) is 0.300. The van der Waals surface area contributed by atoms with Crippen LogP contribution < -0.4 is 5.32 Å². The molecule has 1 N–H and O–H groups in total. The molecule has 3 rings (SSSR count). The van der Waals surface area contributed by atoms with Crippen LogP contribution in [0.4, 0.5) is 0 Å². The number of aromatic nitrogens is 2. The van der Waals surface area contributed by atoms with E-state index in [4.69, 9.17) is 0 Å². The zero-order chi connectivity index (χ0) is 9.54. The Balaban J connectivity index is 2.36. The zero-order valence-corrected chi connectivity index (χ0v) is 9.21. The molecule has 0 aromatic carbocycles. The van der Waals surface area contributed by atoms with E-state index in [9.17, 15) is 0 Å². The standard InChI is InChI=1S/C10H10BrN3/c11-7-2-1-5-14-9-6-12-4-3-8(9)13-10(7)14/h1-2,5,12H,3-4,6H2. The molecule has 0 aliphatic carbocycles. The van der Waals surface area contributed by atoms with Gasteiger partial charge in [-0.15, -0.1) is 0 Å². The number of rotatable bonds is 0. The van der Waals surface area contributed by atoms with Gasteiger partial charge in [-0.1, -0.05) is 0 Å². The summed E-state index contributed by atoms with van der Waals surface area (Å²) in [6.45, 7) is 1.96. The van der Waals surface area contributed by atoms with Crippen molar-refractivity contribution in [2.45, 2.75) is 13.0 Å². The molecule has 0 saturated carbocycles. The van der Waals surface area contributed by atoms with Crippen LogP contribution in [-0.4, -0.2) is 15.9 Å². The number of halogens is 1. The van der Waals surface area contributed by atoms with Crippen molar-refractivity contribution in [2.24, 2.45) is 0 Å². The molecule has 0 fully saturated rings. The van der Waals surface area contributed by atoms with Crippen molar-refractivity contribution in [1.29, 1.82) is 0 Å². The van der Waals surface area contributed by atoms with Gasteiger partial charge in [-0.25, -0.2) is 4.98 Å². The number of hydrogen-bond donors (Lipinski definition) is 1. The number of hydrogen-bond acceptors (Lipinski definition) is 2. The quantitative estimate of drug-likeness (QED) is 0.773. The van der Waals surface area contributed by atoms with Gasteiger partial charge in [0.2, 0.25) is 0 Å². The van der Waals surface area contributed by atoms with Crippen molar-refractivity contribution in [3.8, 4) is 0 Å². The van der Waals surface area contributed by atoms with Gasteiger partial charge in [0.25, 0.3) is 0 Å². The second kappa shape index (κ2) is 3.07. The molecule has 3 heterocycles. The van der Waals surface area contributed by atoms with E-state index in [-0.39, 0.29) is 0 Å². The normalized spacial score (nSPS) is 15.8. The lowest BCUT2D eigenvalue weighted by atomic mass is 10.2. The first-order valence-corrected chi connectivity index (χ1v) is 5.50. The molecule has 0 saturated heterocycles. The molecule has 4 heteroatoms. The van der Waals surface area contributed by atoms with Crippen LogP contribution in [-0.2, 0) is 13.0 Å². The van der Waals surface area contributed by atoms with Crippen LogP contribution in [0.15, 0.2) is 22.8 Å². The molecule has 0 bridgehead atoms. The van der Waals surface area contributed by atoms with Gasteiger partial charge in [0.05, 0.1) is 15.9 Å². The highest BCUT2D eigenvalue weighted by Gasteiger charge is 2.16. The van der Waals surface area contributed by atoms with Crippen LogP contribution in [0.2, 0.25) is 0 Å². The van der Waals surface area contributed by atoms with Gasteiger partial charge < -0.3 is 9.72 Å². The van der Waals surface area contributed by atoms with Crippen LogP contribution in [0.5, 0.6) is 0 Å². The van der Waals surface area contributed by atoms with E-state index in [1.165, 1.54) is 11.4 Å². The first-order valence-electron chi connectivity index (χ1n) is 4.71. The second-order valence-corrected chi connectivity index (χ2v) is 4.34. The Morgan fingerprint density at radius 3 is 3.36 bits per heavy atom. The summed E-state index contributed by atoms with van der Waals surface area (Å²) in [5.41, 5.74) is 3.56. The minimum Gasteiger partial charge on any atom is -0.311 e. The fourth-order valence-electron chi connectivity index (χ4n) is 1.93. The van der Waals surface area contributed by atoms with Gasteiger partial charge in [-0.3, -0.25) is 0 Å². The van der Waals surface area contributed by atoms with Crippen LogP contribution >= 0.6 is 15.9 Å². The lowest BCUT2D eigenvalue weighted by Gasteiger charge is -2.11. The van der Waals surface area contributed by atoms with Crippen LogP contribution in [0.1, 0.15) is 11.4 Å². The summed E-state index contributed by atoms with van der Waals surface area (Å²) in [4.78, 5) is 4.63. The maximum atomic E-state index is 4.63. The third-order valence-corrected chi connectivity index (χ3v) is 3.23. The van der Waals surface area contributed by atoms with E-state index in [1.807, 2.05) is 12.1 Å². The summed E-state index contributed by atoms with van der Waals surface area (Å²) in [5.74, 6) is 0. The van der Waals surface area contributed by atoms with Gasteiger partial charge in [-0.05, 0) is 28.1 Å². The summed E-state index contributed by atoms with van der Waals surface area (Å²) in [6, 6.07) is 4.06. The van der Waals surface area contributed by atoms with E-state index in [0.717, 1.165) is 29.6 Å². The molecule has 1 aliphatic rings. The minimum atomic E-state index is 0.924. The second-order valence-electron chi connectivity index (χ2n) is 3.48. The Morgan fingerprint density at radius 1 is 1.50 bits per heavy atom. The molecule has 14 heavy (non-hydrogen) atoms. The molecule has 0 atom stereocenters. The Labute approximate surface area is 90.3 Å². The minimum absolute atomic E-state index is 0.924. The maximum absolute atomic E-state index is 4.63. The summed E-state index contributed by atoms with van der Waals surface area (Å²) in [5, 5.41) is 3.36. The van der Waals surface area contributed by atoms with Crippen molar-refractivity contribution in [3.63, 3.8) is 0 Å². The number of fused-ring (bicyclic) bond motifs is 3. The molecular weight excluding hydrogens is 242 g/mol. The number of nitrogens with zero attached hydrogens (tertiary/aromatic N) is 2. The molecule has 72 valence electrons. The first kappa shape index (κ1) is 8.44. The average molecular weight is 252 g/mol. The van der Waals surface area contributed by atoms with E-state index in [2.05, 4.69) is 36.8 Å². The highest BCUT2D eigenvalue weighted by Crippen LogP contribution is 2.22. The first-order chi connectivity index (χ1) is 6.86. The fourth-order valence-corrected chi connectivity index (χ4v) is 2.36. The van der Waals surface area contributed by atoms with Crippen LogP contribution in [0, 0.1) is 0 Å². The predicted molar refractivity (Wildman–Crippen MR) is 58.3 cm³/mol. The maximum Gasteiger partial charge on any atom is 0.151 e. The monoisotopic (exact) mass is 251 g/mol. The summed E-state index contributed by atoms with van der Waals surface area (Å²) in [7, 11) is 0. The smallest absolute Gasteiger partial charge is 0.151 e. The van der Waals surface area contributed by atoms with Gasteiger partial charge in [0, 0.05) is 25.7 Å². The molecule has 0 spiro atoms. The lowest BCUT2D eigenvalue weighted by molar-refractivity contribution is 0.621. The highest BCUT2D eigenvalue weighted by atomic mass is 79.9. The predicted octanol–water partition coefficient (Wildman–Crippen LogP) is 1.74. The summed E-state index contributed by atoms with van der Waals surface area (Å²) < 4.78 is 3.22. The molecule has 3 nitrogen and oxygen atoms in total. The van der Waals surface area contributed by atoms with E-state index < -0.39 is 0 Å². The third-order valence-electron chi connectivity index (χ3n) is 2.62. The van der Waals surface area contributed by atoms with Gasteiger partial charge in [0.1, 0.15) is 0 Å². The van der Waals surface area contributed by atoms with E-state index in [0.29, 0.717) is 0 Å². The van der Waals surface area contributed by atoms with Crippen LogP contribution in [0.3, 0.4) is 0 Å².